The van der Waals surface area contributed by atoms with E-state index in [1.807, 2.05) is 0 Å². The standard InChI is InChI=1S/C9H21PS/c1-4-6-8-10(3,11)9-7-5-2/h4-9H2,1-3H3. The van der Waals surface area contributed by atoms with E-state index in [4.69, 9.17) is 11.8 Å². The Morgan fingerprint density at radius 3 is 1.64 bits per heavy atom. The third-order valence-electron chi connectivity index (χ3n) is 1.97. The minimum absolute atomic E-state index is 0.892. The van der Waals surface area contributed by atoms with Gasteiger partial charge in [-0.05, 0) is 37.9 Å². The summed E-state index contributed by atoms with van der Waals surface area (Å²) in [5.74, 6) is 0. The second-order valence-electron chi connectivity index (χ2n) is 3.45. The van der Waals surface area contributed by atoms with E-state index in [9.17, 15) is 0 Å². The molecular weight excluding hydrogens is 171 g/mol. The molecule has 2 heteroatoms. The Labute approximate surface area is 76.8 Å². The third kappa shape index (κ3) is 7.03. The molecule has 0 bridgehead atoms. The molecule has 0 aromatic rings. The monoisotopic (exact) mass is 192 g/mol. The minimum Gasteiger partial charge on any atom is -0.0978 e. The molecule has 0 aliphatic carbocycles. The summed E-state index contributed by atoms with van der Waals surface area (Å²) in [7, 11) is 0. The SMILES string of the molecule is CCCCP(C)(=S)CCCC. The van der Waals surface area contributed by atoms with Gasteiger partial charge in [0.25, 0.3) is 0 Å². The zero-order valence-corrected chi connectivity index (χ0v) is 9.81. The zero-order chi connectivity index (χ0) is 8.74. The second-order valence-corrected chi connectivity index (χ2v) is 9.58. The van der Waals surface area contributed by atoms with Crippen molar-refractivity contribution in [2.75, 3.05) is 19.0 Å². The molecular formula is C9H21PS. The first-order valence-corrected chi connectivity index (χ1v) is 8.30. The summed E-state index contributed by atoms with van der Waals surface area (Å²) in [6.07, 6.45) is 7.96. The molecule has 68 valence electrons. The highest BCUT2D eigenvalue weighted by Crippen LogP contribution is 2.43. The summed E-state index contributed by atoms with van der Waals surface area (Å²) in [4.78, 5) is 0. The topological polar surface area (TPSA) is 0 Å². The zero-order valence-electron chi connectivity index (χ0n) is 8.10. The number of unbranched alkanes of at least 4 members (excludes halogenated alkanes) is 2. The molecule has 0 spiro atoms. The minimum atomic E-state index is -0.892. The van der Waals surface area contributed by atoms with Crippen LogP contribution in [-0.4, -0.2) is 19.0 Å². The molecule has 0 unspecified atom stereocenters. The van der Waals surface area contributed by atoms with Crippen LogP contribution in [0.15, 0.2) is 0 Å². The van der Waals surface area contributed by atoms with Crippen LogP contribution >= 0.6 is 6.04 Å². The molecule has 11 heavy (non-hydrogen) atoms. The van der Waals surface area contributed by atoms with Crippen molar-refractivity contribution in [1.82, 2.24) is 0 Å². The van der Waals surface area contributed by atoms with Crippen molar-refractivity contribution in [2.24, 2.45) is 0 Å². The van der Waals surface area contributed by atoms with Crippen LogP contribution in [-0.2, 0) is 11.8 Å². The molecule has 0 radical (unpaired) electrons. The highest BCUT2D eigenvalue weighted by Gasteiger charge is 2.07. The van der Waals surface area contributed by atoms with Crippen LogP contribution in [0.4, 0.5) is 0 Å². The Hall–Kier alpha value is 0.650. The van der Waals surface area contributed by atoms with E-state index < -0.39 is 6.04 Å². The van der Waals surface area contributed by atoms with Crippen molar-refractivity contribution in [1.29, 1.82) is 0 Å². The van der Waals surface area contributed by atoms with Crippen molar-refractivity contribution in [3.63, 3.8) is 0 Å². The predicted octanol–water partition coefficient (Wildman–Crippen LogP) is 3.70. The maximum atomic E-state index is 5.59. The van der Waals surface area contributed by atoms with Gasteiger partial charge in [-0.2, -0.15) is 0 Å². The van der Waals surface area contributed by atoms with E-state index in [0.717, 1.165) is 0 Å². The average molecular weight is 192 g/mol. The molecule has 0 atom stereocenters. The number of hydrogen-bond acceptors (Lipinski definition) is 1. The second kappa shape index (κ2) is 6.20. The van der Waals surface area contributed by atoms with Crippen molar-refractivity contribution < 1.29 is 0 Å². The lowest BCUT2D eigenvalue weighted by molar-refractivity contribution is 0.868. The van der Waals surface area contributed by atoms with Crippen LogP contribution in [0, 0.1) is 0 Å². The normalized spacial score (nSPS) is 11.9. The largest absolute Gasteiger partial charge is 0.0978 e. The Morgan fingerprint density at radius 1 is 1.00 bits per heavy atom. The maximum Gasteiger partial charge on any atom is -0.0237 e. The van der Waals surface area contributed by atoms with E-state index in [2.05, 4.69) is 20.5 Å². The lowest BCUT2D eigenvalue weighted by Gasteiger charge is -2.15. The van der Waals surface area contributed by atoms with Crippen LogP contribution in [0.3, 0.4) is 0 Å². The Morgan fingerprint density at radius 2 is 1.36 bits per heavy atom. The molecule has 0 aliphatic heterocycles. The van der Waals surface area contributed by atoms with Crippen LogP contribution in [0.2, 0.25) is 0 Å². The fraction of sp³-hybridized carbons (Fsp3) is 1.00. The van der Waals surface area contributed by atoms with Gasteiger partial charge in [-0.25, -0.2) is 0 Å². The van der Waals surface area contributed by atoms with Crippen LogP contribution in [0.1, 0.15) is 39.5 Å². The quantitative estimate of drug-likeness (QED) is 0.578. The van der Waals surface area contributed by atoms with Crippen LogP contribution < -0.4 is 0 Å². The van der Waals surface area contributed by atoms with Crippen molar-refractivity contribution in [3.05, 3.63) is 0 Å². The number of hydrogen-bond donors (Lipinski definition) is 0. The average Bonchev–Trinajstić information content (AvgIpc) is 1.97. The first-order chi connectivity index (χ1) is 5.12. The summed E-state index contributed by atoms with van der Waals surface area (Å²) < 4.78 is 0. The fourth-order valence-corrected chi connectivity index (χ4v) is 4.07. The Kier molecular flexibility index (Phi) is 6.56. The first kappa shape index (κ1) is 11.6. The molecule has 0 amide bonds. The predicted molar refractivity (Wildman–Crippen MR) is 59.8 cm³/mol. The molecule has 0 aliphatic rings. The van der Waals surface area contributed by atoms with E-state index in [1.54, 1.807) is 0 Å². The Balaban J connectivity index is 3.53. The third-order valence-corrected chi connectivity index (χ3v) is 5.59. The lowest BCUT2D eigenvalue weighted by Crippen LogP contribution is -1.92. The van der Waals surface area contributed by atoms with Gasteiger partial charge in [0.1, 0.15) is 0 Å². The molecule has 0 saturated heterocycles. The molecule has 0 fully saturated rings. The number of rotatable bonds is 6. The van der Waals surface area contributed by atoms with Gasteiger partial charge in [0.05, 0.1) is 0 Å². The van der Waals surface area contributed by atoms with E-state index >= 15 is 0 Å². The fourth-order valence-electron chi connectivity index (χ4n) is 1.10. The van der Waals surface area contributed by atoms with Gasteiger partial charge in [-0.3, -0.25) is 0 Å². The molecule has 0 aromatic carbocycles. The van der Waals surface area contributed by atoms with E-state index in [0.29, 0.717) is 0 Å². The first-order valence-electron chi connectivity index (χ1n) is 4.68. The molecule has 0 aromatic heterocycles. The molecule has 0 saturated carbocycles. The Bertz CT molecular complexity index is 120. The van der Waals surface area contributed by atoms with Gasteiger partial charge in [0, 0.05) is 0 Å². The van der Waals surface area contributed by atoms with Crippen LogP contribution in [0.25, 0.3) is 0 Å². The smallest absolute Gasteiger partial charge is 0.0237 e. The summed E-state index contributed by atoms with van der Waals surface area (Å²) in [5, 5.41) is 0. The summed E-state index contributed by atoms with van der Waals surface area (Å²) >= 11 is 5.59. The lowest BCUT2D eigenvalue weighted by atomic mass is 10.4. The highest BCUT2D eigenvalue weighted by atomic mass is 32.4. The van der Waals surface area contributed by atoms with Crippen molar-refractivity contribution in [2.45, 2.75) is 39.5 Å². The highest BCUT2D eigenvalue weighted by molar-refractivity contribution is 8.14. The van der Waals surface area contributed by atoms with Gasteiger partial charge in [-0.1, -0.05) is 38.5 Å². The van der Waals surface area contributed by atoms with E-state index in [-0.39, 0.29) is 0 Å². The van der Waals surface area contributed by atoms with Gasteiger partial charge < -0.3 is 0 Å². The molecule has 0 N–H and O–H groups in total. The summed E-state index contributed by atoms with van der Waals surface area (Å²) in [5.41, 5.74) is 0. The van der Waals surface area contributed by atoms with Crippen molar-refractivity contribution in [3.8, 4) is 0 Å². The molecule has 0 nitrogen and oxygen atoms in total. The van der Waals surface area contributed by atoms with Gasteiger partial charge >= 0.3 is 0 Å². The maximum absolute atomic E-state index is 5.59. The van der Waals surface area contributed by atoms with Crippen molar-refractivity contribution >= 4 is 17.8 Å². The molecule has 0 rings (SSSR count). The van der Waals surface area contributed by atoms with Gasteiger partial charge in [0.15, 0.2) is 0 Å². The summed E-state index contributed by atoms with van der Waals surface area (Å²) in [6, 6.07) is -0.892. The summed E-state index contributed by atoms with van der Waals surface area (Å²) in [6.45, 7) is 6.82. The van der Waals surface area contributed by atoms with Crippen LogP contribution in [0.5, 0.6) is 0 Å². The molecule has 0 heterocycles. The van der Waals surface area contributed by atoms with Gasteiger partial charge in [-0.15, -0.1) is 0 Å². The van der Waals surface area contributed by atoms with Gasteiger partial charge in [0.2, 0.25) is 0 Å². The van der Waals surface area contributed by atoms with E-state index in [1.165, 1.54) is 38.0 Å².